The van der Waals surface area contributed by atoms with Crippen molar-refractivity contribution in [2.24, 2.45) is 0 Å². The van der Waals surface area contributed by atoms with Gasteiger partial charge in [0, 0.05) is 25.2 Å². The van der Waals surface area contributed by atoms with Gasteiger partial charge in [0.15, 0.2) is 0 Å². The third kappa shape index (κ3) is 3.84. The van der Waals surface area contributed by atoms with Crippen molar-refractivity contribution in [1.29, 1.82) is 0 Å². The van der Waals surface area contributed by atoms with E-state index in [1.165, 1.54) is 22.5 Å². The molecule has 0 bridgehead atoms. The van der Waals surface area contributed by atoms with Crippen LogP contribution in [0.4, 0.5) is 0 Å². The fourth-order valence-corrected chi connectivity index (χ4v) is 4.25. The van der Waals surface area contributed by atoms with Crippen LogP contribution in [0.1, 0.15) is 34.6 Å². The van der Waals surface area contributed by atoms with E-state index in [0.717, 1.165) is 28.2 Å². The van der Waals surface area contributed by atoms with Gasteiger partial charge in [0.1, 0.15) is 0 Å². The highest BCUT2D eigenvalue weighted by Gasteiger charge is 2.30. The molecular weight excluding hydrogens is 372 g/mol. The van der Waals surface area contributed by atoms with E-state index in [1.807, 2.05) is 12.1 Å². The van der Waals surface area contributed by atoms with E-state index in [9.17, 15) is 4.79 Å². The number of benzene rings is 1. The van der Waals surface area contributed by atoms with Gasteiger partial charge in [-0.15, -0.1) is 11.3 Å². The second kappa shape index (κ2) is 6.75. The summed E-state index contributed by atoms with van der Waals surface area (Å²) in [5, 5.41) is 3.08. The van der Waals surface area contributed by atoms with Crippen molar-refractivity contribution in [2.75, 3.05) is 13.1 Å². The lowest BCUT2D eigenvalue weighted by Gasteiger charge is -2.41. The van der Waals surface area contributed by atoms with Crippen LogP contribution in [-0.2, 0) is 13.0 Å². The number of carbonyl (C=O) groups is 1. The van der Waals surface area contributed by atoms with Gasteiger partial charge in [0.2, 0.25) is 0 Å². The number of halogens is 1. The van der Waals surface area contributed by atoms with Gasteiger partial charge in [-0.25, -0.2) is 0 Å². The molecule has 0 saturated heterocycles. The summed E-state index contributed by atoms with van der Waals surface area (Å²) in [5.74, 6) is 0.00573. The summed E-state index contributed by atoms with van der Waals surface area (Å²) in [6.45, 7) is 7.02. The Morgan fingerprint density at radius 3 is 2.70 bits per heavy atom. The standard InChI is InChI=1S/C18H21BrN2OS/c1-18(2,12-20-17(22)15-7-8-16(19)23-15)21-10-9-13-5-3-4-6-14(13)11-21/h3-8H,9-12H2,1-2H3,(H,20,22). The van der Waals surface area contributed by atoms with Gasteiger partial charge in [-0.05, 0) is 59.5 Å². The van der Waals surface area contributed by atoms with E-state index in [1.54, 1.807) is 0 Å². The third-order valence-electron chi connectivity index (χ3n) is 4.47. The van der Waals surface area contributed by atoms with Crippen LogP contribution < -0.4 is 5.32 Å². The van der Waals surface area contributed by atoms with E-state index in [-0.39, 0.29) is 11.4 Å². The zero-order chi connectivity index (χ0) is 16.4. The van der Waals surface area contributed by atoms with Crippen molar-refractivity contribution in [3.63, 3.8) is 0 Å². The second-order valence-electron chi connectivity index (χ2n) is 6.54. The van der Waals surface area contributed by atoms with Crippen molar-refractivity contribution in [1.82, 2.24) is 10.2 Å². The number of nitrogens with zero attached hydrogens (tertiary/aromatic N) is 1. The predicted octanol–water partition coefficient (Wildman–Crippen LogP) is 4.08. The number of thiophene rings is 1. The molecule has 1 N–H and O–H groups in total. The van der Waals surface area contributed by atoms with E-state index >= 15 is 0 Å². The highest BCUT2D eigenvalue weighted by molar-refractivity contribution is 9.11. The molecule has 1 aliphatic rings. The molecule has 2 aromatic rings. The van der Waals surface area contributed by atoms with Crippen LogP contribution in [0.15, 0.2) is 40.2 Å². The van der Waals surface area contributed by atoms with Gasteiger partial charge in [-0.2, -0.15) is 0 Å². The first-order valence-corrected chi connectivity index (χ1v) is 9.42. The van der Waals surface area contributed by atoms with Crippen molar-refractivity contribution in [2.45, 2.75) is 32.4 Å². The van der Waals surface area contributed by atoms with Crippen molar-refractivity contribution < 1.29 is 4.79 Å². The molecule has 3 nitrogen and oxygen atoms in total. The predicted molar refractivity (Wildman–Crippen MR) is 99.0 cm³/mol. The third-order valence-corrected chi connectivity index (χ3v) is 6.09. The van der Waals surface area contributed by atoms with E-state index in [0.29, 0.717) is 6.54 Å². The average molecular weight is 393 g/mol. The van der Waals surface area contributed by atoms with Gasteiger partial charge >= 0.3 is 0 Å². The topological polar surface area (TPSA) is 32.3 Å². The quantitative estimate of drug-likeness (QED) is 0.849. The van der Waals surface area contributed by atoms with Gasteiger partial charge in [0.05, 0.1) is 8.66 Å². The number of hydrogen-bond acceptors (Lipinski definition) is 3. The Hall–Kier alpha value is -1.17. The lowest BCUT2D eigenvalue weighted by Crippen LogP contribution is -2.53. The molecule has 1 amide bonds. The highest BCUT2D eigenvalue weighted by atomic mass is 79.9. The van der Waals surface area contributed by atoms with Crippen LogP contribution in [-0.4, -0.2) is 29.4 Å². The monoisotopic (exact) mass is 392 g/mol. The minimum absolute atomic E-state index is 0.00573. The van der Waals surface area contributed by atoms with Crippen LogP contribution >= 0.6 is 27.3 Å². The Kier molecular flexibility index (Phi) is 4.90. The zero-order valence-electron chi connectivity index (χ0n) is 13.4. The maximum atomic E-state index is 12.2. The summed E-state index contributed by atoms with van der Waals surface area (Å²) in [5.41, 5.74) is 2.78. The molecule has 0 atom stereocenters. The van der Waals surface area contributed by atoms with E-state index < -0.39 is 0 Å². The van der Waals surface area contributed by atoms with Crippen LogP contribution in [0.3, 0.4) is 0 Å². The molecule has 5 heteroatoms. The average Bonchev–Trinajstić information content (AvgIpc) is 2.99. The number of fused-ring (bicyclic) bond motifs is 1. The maximum absolute atomic E-state index is 12.2. The summed E-state index contributed by atoms with van der Waals surface area (Å²) < 4.78 is 0.981. The van der Waals surface area contributed by atoms with Crippen LogP contribution in [0, 0.1) is 0 Å². The van der Waals surface area contributed by atoms with Crippen molar-refractivity contribution in [3.8, 4) is 0 Å². The first-order valence-electron chi connectivity index (χ1n) is 7.81. The minimum atomic E-state index is -0.0717. The molecule has 1 aliphatic heterocycles. The molecule has 0 spiro atoms. The van der Waals surface area contributed by atoms with Crippen LogP contribution in [0.25, 0.3) is 0 Å². The highest BCUT2D eigenvalue weighted by Crippen LogP contribution is 2.25. The van der Waals surface area contributed by atoms with Gasteiger partial charge < -0.3 is 5.32 Å². The molecule has 1 aromatic heterocycles. The molecule has 0 unspecified atom stereocenters. The Labute approximate surface area is 149 Å². The smallest absolute Gasteiger partial charge is 0.261 e. The fourth-order valence-electron chi connectivity index (χ4n) is 2.94. The lowest BCUT2D eigenvalue weighted by molar-refractivity contribution is 0.0829. The summed E-state index contributed by atoms with van der Waals surface area (Å²) in [6.07, 6.45) is 1.07. The number of nitrogens with one attached hydrogen (secondary N) is 1. The Morgan fingerprint density at radius 2 is 2.00 bits per heavy atom. The Morgan fingerprint density at radius 1 is 1.26 bits per heavy atom. The molecule has 2 heterocycles. The summed E-state index contributed by atoms with van der Waals surface area (Å²) in [7, 11) is 0. The Bertz CT molecular complexity index is 711. The van der Waals surface area contributed by atoms with Crippen molar-refractivity contribution >= 4 is 33.2 Å². The SMILES string of the molecule is CC(C)(CNC(=O)c1ccc(Br)s1)N1CCc2ccccc2C1. The second-order valence-corrected chi connectivity index (χ2v) is 9.00. The molecule has 3 rings (SSSR count). The molecule has 0 radical (unpaired) electrons. The molecule has 1 aromatic carbocycles. The molecule has 23 heavy (non-hydrogen) atoms. The lowest BCUT2D eigenvalue weighted by atomic mass is 9.94. The van der Waals surface area contributed by atoms with Crippen LogP contribution in [0.5, 0.6) is 0 Å². The number of amides is 1. The first-order chi connectivity index (χ1) is 11.0. The largest absolute Gasteiger partial charge is 0.349 e. The molecule has 0 saturated carbocycles. The molecule has 122 valence electrons. The van der Waals surface area contributed by atoms with E-state index in [4.69, 9.17) is 0 Å². The fraction of sp³-hybridized carbons (Fsp3) is 0.389. The number of carbonyl (C=O) groups excluding carboxylic acids is 1. The minimum Gasteiger partial charge on any atom is -0.349 e. The van der Waals surface area contributed by atoms with Gasteiger partial charge in [-0.1, -0.05) is 24.3 Å². The molecule has 0 fully saturated rings. The summed E-state index contributed by atoms with van der Waals surface area (Å²) in [6, 6.07) is 12.4. The van der Waals surface area contributed by atoms with Crippen molar-refractivity contribution in [3.05, 3.63) is 56.2 Å². The normalized spacial score (nSPS) is 15.3. The number of rotatable bonds is 4. The number of hydrogen-bond donors (Lipinski definition) is 1. The Balaban J connectivity index is 1.62. The van der Waals surface area contributed by atoms with Gasteiger partial charge in [0.25, 0.3) is 5.91 Å². The molecular formula is C18H21BrN2OS. The maximum Gasteiger partial charge on any atom is 0.261 e. The zero-order valence-corrected chi connectivity index (χ0v) is 15.8. The molecule has 0 aliphatic carbocycles. The van der Waals surface area contributed by atoms with Gasteiger partial charge in [-0.3, -0.25) is 9.69 Å². The summed E-state index contributed by atoms with van der Waals surface area (Å²) in [4.78, 5) is 15.5. The first kappa shape index (κ1) is 16.7. The van der Waals surface area contributed by atoms with E-state index in [2.05, 4.69) is 64.3 Å². The van der Waals surface area contributed by atoms with Crippen LogP contribution in [0.2, 0.25) is 0 Å². The summed E-state index contributed by atoms with van der Waals surface area (Å²) >= 11 is 4.86.